The Labute approximate surface area is 160 Å². The molecular weight excluding hydrogens is 339 g/mol. The third kappa shape index (κ3) is 3.75. The van der Waals surface area contributed by atoms with Crippen molar-refractivity contribution in [3.63, 3.8) is 0 Å². The fourth-order valence-corrected chi connectivity index (χ4v) is 3.72. The van der Waals surface area contributed by atoms with Crippen molar-refractivity contribution in [2.45, 2.75) is 33.6 Å². The minimum Gasteiger partial charge on any atom is -0.496 e. The highest BCUT2D eigenvalue weighted by molar-refractivity contribution is 6.03. The molecule has 3 nitrogen and oxygen atoms in total. The molecule has 0 radical (unpaired) electrons. The summed E-state index contributed by atoms with van der Waals surface area (Å²) in [5.41, 5.74) is 3.57. The summed E-state index contributed by atoms with van der Waals surface area (Å²) in [6.45, 7) is 8.40. The van der Waals surface area contributed by atoms with Gasteiger partial charge in [-0.25, -0.2) is 4.39 Å². The first kappa shape index (κ1) is 19.2. The number of fused-ring (bicyclic) bond motifs is 1. The second-order valence-corrected chi connectivity index (χ2v) is 6.77. The van der Waals surface area contributed by atoms with E-state index in [2.05, 4.69) is 30.9 Å². The standard InChI is InChI=1S/C23H27FN2O/c1-5-13-26(14-6-2)23-16(3)25-22(18-9-7-8-10-19(18)23)20-15-17(24)11-12-21(20)27-4/h7-12,15H,5-6,13-14H2,1-4H3. The topological polar surface area (TPSA) is 25.4 Å². The Kier molecular flexibility index (Phi) is 5.94. The summed E-state index contributed by atoms with van der Waals surface area (Å²) < 4.78 is 19.5. The molecule has 3 rings (SSSR count). The van der Waals surface area contributed by atoms with Gasteiger partial charge in [0.1, 0.15) is 11.6 Å². The molecule has 0 bridgehead atoms. The minimum atomic E-state index is -0.294. The summed E-state index contributed by atoms with van der Waals surface area (Å²) >= 11 is 0. The lowest BCUT2D eigenvalue weighted by molar-refractivity contribution is 0.415. The molecule has 27 heavy (non-hydrogen) atoms. The SMILES string of the molecule is CCCN(CCC)c1c(C)nc(-c2cc(F)ccc2OC)c2ccccc12. The molecular formula is C23H27FN2O. The first-order valence-electron chi connectivity index (χ1n) is 9.58. The molecule has 0 amide bonds. The predicted octanol–water partition coefficient (Wildman–Crippen LogP) is 5.98. The molecule has 142 valence electrons. The van der Waals surface area contributed by atoms with Crippen molar-refractivity contribution < 1.29 is 9.13 Å². The lowest BCUT2D eigenvalue weighted by atomic mass is 10.00. The lowest BCUT2D eigenvalue weighted by Gasteiger charge is -2.27. The highest BCUT2D eigenvalue weighted by Crippen LogP contribution is 2.39. The second kappa shape index (κ2) is 8.38. The molecule has 0 N–H and O–H groups in total. The molecule has 4 heteroatoms. The number of pyridine rings is 1. The van der Waals surface area contributed by atoms with E-state index < -0.39 is 0 Å². The zero-order valence-corrected chi connectivity index (χ0v) is 16.6. The molecule has 0 unspecified atom stereocenters. The Morgan fingerprint density at radius 3 is 2.30 bits per heavy atom. The van der Waals surface area contributed by atoms with E-state index in [9.17, 15) is 4.39 Å². The molecule has 0 aliphatic rings. The van der Waals surface area contributed by atoms with E-state index in [-0.39, 0.29) is 5.82 Å². The molecule has 0 fully saturated rings. The summed E-state index contributed by atoms with van der Waals surface area (Å²) in [4.78, 5) is 7.33. The smallest absolute Gasteiger partial charge is 0.128 e. The van der Waals surface area contributed by atoms with Crippen LogP contribution in [0, 0.1) is 12.7 Å². The maximum absolute atomic E-state index is 14.0. The van der Waals surface area contributed by atoms with Crippen molar-refractivity contribution in [3.05, 3.63) is 54.0 Å². The van der Waals surface area contributed by atoms with Crippen LogP contribution in [0.15, 0.2) is 42.5 Å². The van der Waals surface area contributed by atoms with E-state index in [4.69, 9.17) is 9.72 Å². The van der Waals surface area contributed by atoms with E-state index in [0.717, 1.165) is 48.1 Å². The van der Waals surface area contributed by atoms with E-state index in [1.165, 1.54) is 17.8 Å². The predicted molar refractivity (Wildman–Crippen MR) is 111 cm³/mol. The van der Waals surface area contributed by atoms with Gasteiger partial charge in [0.25, 0.3) is 0 Å². The average Bonchev–Trinajstić information content (AvgIpc) is 2.67. The number of aryl methyl sites for hydroxylation is 1. The zero-order valence-electron chi connectivity index (χ0n) is 16.6. The lowest BCUT2D eigenvalue weighted by Crippen LogP contribution is -2.26. The van der Waals surface area contributed by atoms with E-state index in [0.29, 0.717) is 11.3 Å². The first-order valence-corrected chi connectivity index (χ1v) is 9.58. The van der Waals surface area contributed by atoms with Gasteiger partial charge in [0.15, 0.2) is 0 Å². The number of halogens is 1. The van der Waals surface area contributed by atoms with Crippen LogP contribution in [-0.4, -0.2) is 25.2 Å². The maximum atomic E-state index is 14.0. The number of methoxy groups -OCH3 is 1. The highest BCUT2D eigenvalue weighted by Gasteiger charge is 2.19. The van der Waals surface area contributed by atoms with Gasteiger partial charge in [0.05, 0.1) is 24.2 Å². The van der Waals surface area contributed by atoms with Crippen LogP contribution in [0.1, 0.15) is 32.4 Å². The fraction of sp³-hybridized carbons (Fsp3) is 0.348. The average molecular weight is 366 g/mol. The number of anilines is 1. The normalized spacial score (nSPS) is 11.0. The number of aromatic nitrogens is 1. The zero-order chi connectivity index (χ0) is 19.4. The van der Waals surface area contributed by atoms with Gasteiger partial charge >= 0.3 is 0 Å². The van der Waals surface area contributed by atoms with Gasteiger partial charge in [-0.3, -0.25) is 4.98 Å². The molecule has 3 aromatic rings. The third-order valence-corrected chi connectivity index (χ3v) is 4.78. The number of ether oxygens (including phenoxy) is 1. The van der Waals surface area contributed by atoms with Crippen LogP contribution < -0.4 is 9.64 Å². The van der Waals surface area contributed by atoms with Crippen LogP contribution in [0.25, 0.3) is 22.0 Å². The molecule has 0 aliphatic carbocycles. The Morgan fingerprint density at radius 1 is 1.00 bits per heavy atom. The molecule has 1 aromatic heterocycles. The van der Waals surface area contributed by atoms with Gasteiger partial charge in [-0.05, 0) is 38.0 Å². The second-order valence-electron chi connectivity index (χ2n) is 6.77. The van der Waals surface area contributed by atoms with Crippen LogP contribution in [0.5, 0.6) is 5.75 Å². The third-order valence-electron chi connectivity index (χ3n) is 4.78. The van der Waals surface area contributed by atoms with Crippen molar-refractivity contribution in [2.24, 2.45) is 0 Å². The molecule has 0 saturated heterocycles. The van der Waals surface area contributed by atoms with E-state index >= 15 is 0 Å². The number of hydrogen-bond donors (Lipinski definition) is 0. The summed E-state index contributed by atoms with van der Waals surface area (Å²) in [5.74, 6) is 0.331. The Bertz CT molecular complexity index is 933. The monoisotopic (exact) mass is 366 g/mol. The van der Waals surface area contributed by atoms with E-state index in [1.807, 2.05) is 19.1 Å². The largest absolute Gasteiger partial charge is 0.496 e. The Balaban J connectivity index is 2.30. The quantitative estimate of drug-likeness (QED) is 0.514. The van der Waals surface area contributed by atoms with Gasteiger partial charge in [0.2, 0.25) is 0 Å². The van der Waals surface area contributed by atoms with Crippen LogP contribution >= 0.6 is 0 Å². The number of hydrogen-bond acceptors (Lipinski definition) is 3. The van der Waals surface area contributed by atoms with Crippen molar-refractivity contribution >= 4 is 16.5 Å². The fourth-order valence-electron chi connectivity index (χ4n) is 3.72. The number of nitrogens with zero attached hydrogens (tertiary/aromatic N) is 2. The van der Waals surface area contributed by atoms with Gasteiger partial charge < -0.3 is 9.64 Å². The van der Waals surface area contributed by atoms with Crippen molar-refractivity contribution in [1.82, 2.24) is 4.98 Å². The number of benzene rings is 2. The first-order chi connectivity index (χ1) is 13.1. The van der Waals surface area contributed by atoms with Gasteiger partial charge in [-0.2, -0.15) is 0 Å². The molecule has 2 aromatic carbocycles. The molecule has 0 atom stereocenters. The Hall–Kier alpha value is -2.62. The van der Waals surface area contributed by atoms with Gasteiger partial charge in [-0.15, -0.1) is 0 Å². The van der Waals surface area contributed by atoms with Crippen LogP contribution in [0.2, 0.25) is 0 Å². The summed E-state index contributed by atoms with van der Waals surface area (Å²) in [6, 6.07) is 12.8. The molecule has 0 spiro atoms. The van der Waals surface area contributed by atoms with Crippen LogP contribution in [-0.2, 0) is 0 Å². The van der Waals surface area contributed by atoms with Crippen molar-refractivity contribution in [3.8, 4) is 17.0 Å². The summed E-state index contributed by atoms with van der Waals surface area (Å²) in [5, 5.41) is 2.16. The molecule has 0 saturated carbocycles. The molecule has 1 heterocycles. The summed E-state index contributed by atoms with van der Waals surface area (Å²) in [7, 11) is 1.60. The highest BCUT2D eigenvalue weighted by atomic mass is 19.1. The van der Waals surface area contributed by atoms with Crippen molar-refractivity contribution in [2.75, 3.05) is 25.1 Å². The summed E-state index contributed by atoms with van der Waals surface area (Å²) in [6.07, 6.45) is 2.15. The number of rotatable bonds is 7. The van der Waals surface area contributed by atoms with Crippen molar-refractivity contribution in [1.29, 1.82) is 0 Å². The molecule has 0 aliphatic heterocycles. The van der Waals surface area contributed by atoms with Crippen LogP contribution in [0.4, 0.5) is 10.1 Å². The Morgan fingerprint density at radius 2 is 1.67 bits per heavy atom. The van der Waals surface area contributed by atoms with Gasteiger partial charge in [0, 0.05) is 29.4 Å². The van der Waals surface area contributed by atoms with Gasteiger partial charge in [-0.1, -0.05) is 38.1 Å². The van der Waals surface area contributed by atoms with E-state index in [1.54, 1.807) is 13.2 Å². The maximum Gasteiger partial charge on any atom is 0.128 e. The minimum absolute atomic E-state index is 0.294. The van der Waals surface area contributed by atoms with Crippen LogP contribution in [0.3, 0.4) is 0 Å².